The molecule has 7 nitrogen and oxygen atoms in total. The number of benzene rings is 1. The quantitative estimate of drug-likeness (QED) is 0.768. The highest BCUT2D eigenvalue weighted by atomic mass is 19.4. The lowest BCUT2D eigenvalue weighted by Gasteiger charge is -2.16. The lowest BCUT2D eigenvalue weighted by molar-refractivity contribution is -0.141. The molecule has 146 valence electrons. The summed E-state index contributed by atoms with van der Waals surface area (Å²) in [4.78, 5) is 20.8. The van der Waals surface area contributed by atoms with Crippen molar-refractivity contribution in [2.75, 3.05) is 38.5 Å². The number of nitrogens with zero attached hydrogens (tertiary/aromatic N) is 3. The van der Waals surface area contributed by atoms with Crippen LogP contribution in [0.1, 0.15) is 21.6 Å². The van der Waals surface area contributed by atoms with Gasteiger partial charge in [0.05, 0.1) is 14.2 Å². The first kappa shape index (κ1) is 20.3. The Labute approximate surface area is 154 Å². The van der Waals surface area contributed by atoms with Crippen LogP contribution in [-0.2, 0) is 17.5 Å². The SMILES string of the molecule is COC(=O)c1cc(CNc2nc(N(C)C)cc(C(F)(F)F)n2)ccc1OC. The Morgan fingerprint density at radius 1 is 1.19 bits per heavy atom. The van der Waals surface area contributed by atoms with E-state index in [9.17, 15) is 18.0 Å². The highest BCUT2D eigenvalue weighted by molar-refractivity contribution is 5.92. The zero-order valence-electron chi connectivity index (χ0n) is 15.2. The molecule has 2 aromatic rings. The molecule has 0 fully saturated rings. The molecular formula is C17H19F3N4O3. The third-order valence-corrected chi connectivity index (χ3v) is 3.58. The molecule has 0 aliphatic rings. The van der Waals surface area contributed by atoms with Crippen molar-refractivity contribution in [1.29, 1.82) is 0 Å². The Morgan fingerprint density at radius 2 is 1.89 bits per heavy atom. The fourth-order valence-electron chi connectivity index (χ4n) is 2.20. The van der Waals surface area contributed by atoms with Crippen molar-refractivity contribution in [3.63, 3.8) is 0 Å². The topological polar surface area (TPSA) is 76.6 Å². The summed E-state index contributed by atoms with van der Waals surface area (Å²) in [5.41, 5.74) is -0.226. The molecule has 0 atom stereocenters. The van der Waals surface area contributed by atoms with Crippen LogP contribution in [0.5, 0.6) is 5.75 Å². The van der Waals surface area contributed by atoms with Crippen LogP contribution in [0.2, 0.25) is 0 Å². The predicted molar refractivity (Wildman–Crippen MR) is 93.0 cm³/mol. The van der Waals surface area contributed by atoms with Crippen LogP contribution in [0.15, 0.2) is 24.3 Å². The summed E-state index contributed by atoms with van der Waals surface area (Å²) >= 11 is 0. The van der Waals surface area contributed by atoms with E-state index in [1.807, 2.05) is 0 Å². The van der Waals surface area contributed by atoms with Gasteiger partial charge in [0, 0.05) is 26.7 Å². The minimum Gasteiger partial charge on any atom is -0.496 e. The maximum Gasteiger partial charge on any atom is 0.433 e. The smallest absolute Gasteiger partial charge is 0.433 e. The van der Waals surface area contributed by atoms with Crippen molar-refractivity contribution in [2.45, 2.75) is 12.7 Å². The lowest BCUT2D eigenvalue weighted by Crippen LogP contribution is -2.17. The molecule has 0 radical (unpaired) electrons. The van der Waals surface area contributed by atoms with Gasteiger partial charge in [-0.2, -0.15) is 18.2 Å². The fourth-order valence-corrected chi connectivity index (χ4v) is 2.20. The van der Waals surface area contributed by atoms with E-state index in [1.165, 1.54) is 25.2 Å². The second-order valence-electron chi connectivity index (χ2n) is 5.71. The molecule has 0 spiro atoms. The molecule has 0 amide bonds. The average Bonchev–Trinajstić information content (AvgIpc) is 2.64. The van der Waals surface area contributed by atoms with E-state index in [0.29, 0.717) is 11.3 Å². The van der Waals surface area contributed by atoms with Crippen molar-refractivity contribution in [3.8, 4) is 5.75 Å². The third kappa shape index (κ3) is 4.99. The predicted octanol–water partition coefficient (Wildman–Crippen LogP) is 2.97. The van der Waals surface area contributed by atoms with Crippen LogP contribution in [0.25, 0.3) is 0 Å². The molecular weight excluding hydrogens is 365 g/mol. The second-order valence-corrected chi connectivity index (χ2v) is 5.71. The molecule has 1 aromatic carbocycles. The number of esters is 1. The van der Waals surface area contributed by atoms with Gasteiger partial charge in [-0.25, -0.2) is 9.78 Å². The summed E-state index contributed by atoms with van der Waals surface area (Å²) in [7, 11) is 5.82. The number of halogens is 3. The van der Waals surface area contributed by atoms with Crippen molar-refractivity contribution in [1.82, 2.24) is 9.97 Å². The van der Waals surface area contributed by atoms with Crippen molar-refractivity contribution in [3.05, 3.63) is 41.1 Å². The van der Waals surface area contributed by atoms with Gasteiger partial charge in [0.1, 0.15) is 17.1 Å². The van der Waals surface area contributed by atoms with Crippen LogP contribution in [0.4, 0.5) is 24.9 Å². The highest BCUT2D eigenvalue weighted by Crippen LogP contribution is 2.30. The number of anilines is 2. The summed E-state index contributed by atoms with van der Waals surface area (Å²) in [6, 6.07) is 5.63. The molecule has 0 saturated carbocycles. The van der Waals surface area contributed by atoms with Gasteiger partial charge in [-0.05, 0) is 17.7 Å². The summed E-state index contributed by atoms with van der Waals surface area (Å²) in [5.74, 6) is -0.316. The Balaban J connectivity index is 2.28. The van der Waals surface area contributed by atoms with Crippen LogP contribution in [0.3, 0.4) is 0 Å². The Hall–Kier alpha value is -3.04. The molecule has 1 N–H and O–H groups in total. The first-order chi connectivity index (χ1) is 12.7. The van der Waals surface area contributed by atoms with E-state index < -0.39 is 17.8 Å². The zero-order valence-corrected chi connectivity index (χ0v) is 15.2. The summed E-state index contributed by atoms with van der Waals surface area (Å²) in [6.45, 7) is 0.0994. The minimum atomic E-state index is -4.59. The third-order valence-electron chi connectivity index (χ3n) is 3.58. The van der Waals surface area contributed by atoms with Crippen LogP contribution in [0, 0.1) is 0 Å². The summed E-state index contributed by atoms with van der Waals surface area (Å²) in [6.07, 6.45) is -4.59. The number of carbonyl (C=O) groups excluding carboxylic acids is 1. The molecule has 0 bridgehead atoms. The molecule has 0 aliphatic heterocycles. The number of rotatable bonds is 6. The Morgan fingerprint density at radius 3 is 2.44 bits per heavy atom. The molecule has 2 rings (SSSR count). The van der Waals surface area contributed by atoms with Gasteiger partial charge >= 0.3 is 12.1 Å². The first-order valence-electron chi connectivity index (χ1n) is 7.78. The number of aromatic nitrogens is 2. The lowest BCUT2D eigenvalue weighted by atomic mass is 10.1. The Kier molecular flexibility index (Phi) is 6.09. The van der Waals surface area contributed by atoms with Gasteiger partial charge in [0.25, 0.3) is 0 Å². The molecule has 10 heteroatoms. The standard InChI is InChI=1S/C17H19F3N4O3/c1-24(2)14-8-13(17(18,19)20)22-16(23-14)21-9-10-5-6-12(26-3)11(7-10)15(25)27-4/h5-8H,9H2,1-4H3,(H,21,22,23). The van der Waals surface area contributed by atoms with Crippen molar-refractivity contribution in [2.24, 2.45) is 0 Å². The monoisotopic (exact) mass is 384 g/mol. The summed E-state index contributed by atoms with van der Waals surface area (Å²) < 4.78 is 48.9. The molecule has 0 saturated heterocycles. The Bertz CT molecular complexity index is 826. The van der Waals surface area contributed by atoms with Gasteiger partial charge in [-0.1, -0.05) is 6.07 Å². The van der Waals surface area contributed by atoms with Crippen LogP contribution in [-0.4, -0.2) is 44.3 Å². The van der Waals surface area contributed by atoms with E-state index in [2.05, 4.69) is 15.3 Å². The van der Waals surface area contributed by atoms with E-state index in [0.717, 1.165) is 6.07 Å². The zero-order chi connectivity index (χ0) is 20.2. The molecule has 0 unspecified atom stereocenters. The van der Waals surface area contributed by atoms with Crippen molar-refractivity contribution >= 4 is 17.7 Å². The van der Waals surface area contributed by atoms with Gasteiger partial charge in [-0.15, -0.1) is 0 Å². The number of alkyl halides is 3. The highest BCUT2D eigenvalue weighted by Gasteiger charge is 2.34. The number of carbonyl (C=O) groups is 1. The molecule has 27 heavy (non-hydrogen) atoms. The number of hydrogen-bond acceptors (Lipinski definition) is 7. The first-order valence-corrected chi connectivity index (χ1v) is 7.78. The molecule has 0 aliphatic carbocycles. The minimum absolute atomic E-state index is 0.0994. The molecule has 1 heterocycles. The number of hydrogen-bond donors (Lipinski definition) is 1. The van der Waals surface area contributed by atoms with E-state index in [-0.39, 0.29) is 23.9 Å². The average molecular weight is 384 g/mol. The van der Waals surface area contributed by atoms with Crippen LogP contribution < -0.4 is 15.0 Å². The molecule has 1 aromatic heterocycles. The number of methoxy groups -OCH3 is 2. The van der Waals surface area contributed by atoms with Gasteiger partial charge in [0.15, 0.2) is 5.69 Å². The number of nitrogens with one attached hydrogen (secondary N) is 1. The van der Waals surface area contributed by atoms with Crippen LogP contribution >= 0.6 is 0 Å². The summed E-state index contributed by atoms with van der Waals surface area (Å²) in [5, 5.41) is 2.75. The van der Waals surface area contributed by atoms with Gasteiger partial charge in [0.2, 0.25) is 5.95 Å². The normalized spacial score (nSPS) is 11.1. The van der Waals surface area contributed by atoms with Crippen molar-refractivity contribution < 1.29 is 27.4 Å². The van der Waals surface area contributed by atoms with E-state index >= 15 is 0 Å². The van der Waals surface area contributed by atoms with Gasteiger partial charge in [-0.3, -0.25) is 0 Å². The maximum absolute atomic E-state index is 13.0. The fraction of sp³-hybridized carbons (Fsp3) is 0.353. The maximum atomic E-state index is 13.0. The van der Waals surface area contributed by atoms with Gasteiger partial charge < -0.3 is 19.7 Å². The van der Waals surface area contributed by atoms with E-state index in [4.69, 9.17) is 9.47 Å². The number of ether oxygens (including phenoxy) is 2. The second kappa shape index (κ2) is 8.11. The van der Waals surface area contributed by atoms with E-state index in [1.54, 1.807) is 26.2 Å². The largest absolute Gasteiger partial charge is 0.496 e.